The Morgan fingerprint density at radius 3 is 2.40 bits per heavy atom. The van der Waals surface area contributed by atoms with E-state index in [0.29, 0.717) is 12.6 Å². The molecule has 0 atom stereocenters. The highest BCUT2D eigenvalue weighted by molar-refractivity contribution is 5.92. The summed E-state index contributed by atoms with van der Waals surface area (Å²) in [5.74, 6) is 0.945. The Hall–Kier alpha value is -1.35. The van der Waals surface area contributed by atoms with Crippen molar-refractivity contribution in [3.8, 4) is 0 Å². The van der Waals surface area contributed by atoms with Crippen molar-refractivity contribution < 1.29 is 4.79 Å². The van der Waals surface area contributed by atoms with Crippen molar-refractivity contribution in [2.75, 3.05) is 11.9 Å². The lowest BCUT2D eigenvalue weighted by molar-refractivity contribution is -0.115. The van der Waals surface area contributed by atoms with Crippen LogP contribution < -0.4 is 10.6 Å². The van der Waals surface area contributed by atoms with E-state index in [1.54, 1.807) is 0 Å². The third kappa shape index (κ3) is 4.64. The van der Waals surface area contributed by atoms with Crippen molar-refractivity contribution in [3.63, 3.8) is 0 Å². The molecule has 1 amide bonds. The molecule has 20 heavy (non-hydrogen) atoms. The van der Waals surface area contributed by atoms with E-state index in [1.165, 1.54) is 37.7 Å². The average molecular weight is 274 g/mol. The Morgan fingerprint density at radius 1 is 1.15 bits per heavy atom. The van der Waals surface area contributed by atoms with Crippen molar-refractivity contribution in [2.24, 2.45) is 5.92 Å². The standard InChI is InChI=1S/C17H26N2O/c1-3-14-6-10-15(11-7-14)18-12-17(20)19-16-8-4-13(2)5-9-16/h4-5,8-9,14-15,18H,3,6-7,10-12H2,1-2H3,(H,19,20). The minimum Gasteiger partial charge on any atom is -0.325 e. The summed E-state index contributed by atoms with van der Waals surface area (Å²) < 4.78 is 0. The first-order valence-corrected chi connectivity index (χ1v) is 7.77. The van der Waals surface area contributed by atoms with E-state index in [4.69, 9.17) is 0 Å². The van der Waals surface area contributed by atoms with Crippen LogP contribution in [-0.2, 0) is 4.79 Å². The maximum absolute atomic E-state index is 11.9. The second-order valence-corrected chi connectivity index (χ2v) is 5.92. The summed E-state index contributed by atoms with van der Waals surface area (Å²) >= 11 is 0. The first-order chi connectivity index (χ1) is 9.67. The maximum Gasteiger partial charge on any atom is 0.238 e. The third-order valence-corrected chi connectivity index (χ3v) is 4.31. The Balaban J connectivity index is 1.69. The Labute approximate surface area is 122 Å². The topological polar surface area (TPSA) is 41.1 Å². The van der Waals surface area contributed by atoms with Gasteiger partial charge in [-0.1, -0.05) is 31.0 Å². The molecule has 1 saturated carbocycles. The van der Waals surface area contributed by atoms with E-state index in [2.05, 4.69) is 17.6 Å². The summed E-state index contributed by atoms with van der Waals surface area (Å²) in [5, 5.41) is 6.31. The number of nitrogens with one attached hydrogen (secondary N) is 2. The quantitative estimate of drug-likeness (QED) is 0.863. The van der Waals surface area contributed by atoms with Crippen LogP contribution in [0.5, 0.6) is 0 Å². The van der Waals surface area contributed by atoms with Crippen LogP contribution in [0.15, 0.2) is 24.3 Å². The van der Waals surface area contributed by atoms with Gasteiger partial charge in [-0.25, -0.2) is 0 Å². The predicted octanol–water partition coefficient (Wildman–Crippen LogP) is 3.49. The van der Waals surface area contributed by atoms with Gasteiger partial charge in [-0.2, -0.15) is 0 Å². The second-order valence-electron chi connectivity index (χ2n) is 5.92. The Morgan fingerprint density at radius 2 is 1.80 bits per heavy atom. The molecule has 3 nitrogen and oxygen atoms in total. The van der Waals surface area contributed by atoms with Crippen LogP contribution in [0.1, 0.15) is 44.6 Å². The van der Waals surface area contributed by atoms with Crippen molar-refractivity contribution in [1.82, 2.24) is 5.32 Å². The number of carbonyl (C=O) groups is 1. The molecule has 0 aromatic heterocycles. The van der Waals surface area contributed by atoms with Crippen molar-refractivity contribution in [3.05, 3.63) is 29.8 Å². The molecule has 0 spiro atoms. The molecule has 1 aliphatic rings. The molecule has 0 unspecified atom stereocenters. The van der Waals surface area contributed by atoms with Crippen molar-refractivity contribution in [1.29, 1.82) is 0 Å². The van der Waals surface area contributed by atoms with E-state index in [9.17, 15) is 4.79 Å². The van der Waals surface area contributed by atoms with Gasteiger partial charge in [0.2, 0.25) is 5.91 Å². The Bertz CT molecular complexity index is 419. The first kappa shape index (κ1) is 15.0. The molecule has 110 valence electrons. The van der Waals surface area contributed by atoms with Gasteiger partial charge in [-0.3, -0.25) is 4.79 Å². The summed E-state index contributed by atoms with van der Waals surface area (Å²) in [6.07, 6.45) is 6.30. The smallest absolute Gasteiger partial charge is 0.238 e. The van der Waals surface area contributed by atoms with Gasteiger partial charge >= 0.3 is 0 Å². The first-order valence-electron chi connectivity index (χ1n) is 7.77. The van der Waals surface area contributed by atoms with Crippen LogP contribution in [-0.4, -0.2) is 18.5 Å². The number of benzene rings is 1. The highest BCUT2D eigenvalue weighted by Crippen LogP contribution is 2.26. The number of anilines is 1. The lowest BCUT2D eigenvalue weighted by Crippen LogP contribution is -2.38. The van der Waals surface area contributed by atoms with E-state index in [0.717, 1.165) is 11.6 Å². The predicted molar refractivity (Wildman–Crippen MR) is 83.8 cm³/mol. The minimum atomic E-state index is 0.0477. The number of hydrogen-bond donors (Lipinski definition) is 2. The van der Waals surface area contributed by atoms with E-state index in [-0.39, 0.29) is 5.91 Å². The molecule has 1 aromatic carbocycles. The minimum absolute atomic E-state index is 0.0477. The van der Waals surface area contributed by atoms with Crippen LogP contribution in [0.25, 0.3) is 0 Å². The zero-order valence-electron chi connectivity index (χ0n) is 12.6. The molecule has 3 heteroatoms. The molecule has 0 radical (unpaired) electrons. The van der Waals surface area contributed by atoms with E-state index >= 15 is 0 Å². The molecule has 1 fully saturated rings. The lowest BCUT2D eigenvalue weighted by atomic mass is 9.84. The summed E-state index contributed by atoms with van der Waals surface area (Å²) in [5.41, 5.74) is 2.07. The zero-order valence-corrected chi connectivity index (χ0v) is 12.6. The number of aryl methyl sites for hydroxylation is 1. The molecule has 0 heterocycles. The molecule has 1 aliphatic carbocycles. The normalized spacial score (nSPS) is 22.5. The monoisotopic (exact) mass is 274 g/mol. The van der Waals surface area contributed by atoms with Gasteiger partial charge in [0.25, 0.3) is 0 Å². The summed E-state index contributed by atoms with van der Waals surface area (Å²) in [6.45, 7) is 4.72. The van der Waals surface area contributed by atoms with Crippen LogP contribution in [0.3, 0.4) is 0 Å². The second kappa shape index (κ2) is 7.44. The molecular formula is C17H26N2O. The maximum atomic E-state index is 11.9. The number of rotatable bonds is 5. The van der Waals surface area contributed by atoms with Gasteiger partial charge in [-0.05, 0) is 50.7 Å². The summed E-state index contributed by atoms with van der Waals surface area (Å²) in [7, 11) is 0. The van der Waals surface area contributed by atoms with Gasteiger partial charge in [-0.15, -0.1) is 0 Å². The zero-order chi connectivity index (χ0) is 14.4. The highest BCUT2D eigenvalue weighted by Gasteiger charge is 2.19. The lowest BCUT2D eigenvalue weighted by Gasteiger charge is -2.28. The highest BCUT2D eigenvalue weighted by atomic mass is 16.1. The van der Waals surface area contributed by atoms with Crippen LogP contribution in [0.2, 0.25) is 0 Å². The number of amides is 1. The summed E-state index contributed by atoms with van der Waals surface area (Å²) in [4.78, 5) is 11.9. The van der Waals surface area contributed by atoms with Gasteiger partial charge in [0.05, 0.1) is 6.54 Å². The van der Waals surface area contributed by atoms with Gasteiger partial charge in [0.15, 0.2) is 0 Å². The van der Waals surface area contributed by atoms with E-state index in [1.807, 2.05) is 31.2 Å². The van der Waals surface area contributed by atoms with Gasteiger partial charge in [0.1, 0.15) is 0 Å². The van der Waals surface area contributed by atoms with Gasteiger partial charge in [0, 0.05) is 11.7 Å². The molecule has 2 rings (SSSR count). The fourth-order valence-electron chi connectivity index (χ4n) is 2.85. The van der Waals surface area contributed by atoms with Gasteiger partial charge < -0.3 is 10.6 Å². The SMILES string of the molecule is CCC1CCC(NCC(=O)Nc2ccc(C)cc2)CC1. The van der Waals surface area contributed by atoms with Crippen molar-refractivity contribution >= 4 is 11.6 Å². The molecule has 0 bridgehead atoms. The van der Waals surface area contributed by atoms with Crippen LogP contribution in [0.4, 0.5) is 5.69 Å². The fourth-order valence-corrected chi connectivity index (χ4v) is 2.85. The van der Waals surface area contributed by atoms with Crippen molar-refractivity contribution in [2.45, 2.75) is 52.0 Å². The number of carbonyl (C=O) groups excluding carboxylic acids is 1. The molecule has 1 aromatic rings. The number of hydrogen-bond acceptors (Lipinski definition) is 2. The molecule has 0 saturated heterocycles. The fraction of sp³-hybridized carbons (Fsp3) is 0.588. The van der Waals surface area contributed by atoms with Crippen LogP contribution in [0, 0.1) is 12.8 Å². The third-order valence-electron chi connectivity index (χ3n) is 4.31. The molecule has 2 N–H and O–H groups in total. The van der Waals surface area contributed by atoms with Crippen LogP contribution >= 0.6 is 0 Å². The van der Waals surface area contributed by atoms with E-state index < -0.39 is 0 Å². The largest absolute Gasteiger partial charge is 0.325 e. The molecular weight excluding hydrogens is 248 g/mol. The summed E-state index contributed by atoms with van der Waals surface area (Å²) in [6, 6.07) is 8.42. The molecule has 0 aliphatic heterocycles. The average Bonchev–Trinajstić information content (AvgIpc) is 2.48. The Kier molecular flexibility index (Phi) is 5.60.